The molecule has 6 nitrogen and oxygen atoms in total. The van der Waals surface area contributed by atoms with Gasteiger partial charge in [0.2, 0.25) is 11.8 Å². The van der Waals surface area contributed by atoms with Crippen LogP contribution in [-0.2, 0) is 9.59 Å². The summed E-state index contributed by atoms with van der Waals surface area (Å²) >= 11 is 0. The molecule has 0 aliphatic carbocycles. The smallest absolute Gasteiger partial charge is 0.245 e. The van der Waals surface area contributed by atoms with E-state index in [0.29, 0.717) is 18.8 Å². The molecule has 0 radical (unpaired) electrons. The Morgan fingerprint density at radius 2 is 1.74 bits per heavy atom. The summed E-state index contributed by atoms with van der Waals surface area (Å²) in [6, 6.07) is 19.7. The summed E-state index contributed by atoms with van der Waals surface area (Å²) < 4.78 is 1.73. The van der Waals surface area contributed by atoms with E-state index in [2.05, 4.69) is 12.2 Å². The molecule has 3 rings (SSSR count). The van der Waals surface area contributed by atoms with Gasteiger partial charge in [-0.25, -0.2) is 4.68 Å². The van der Waals surface area contributed by atoms with E-state index in [1.54, 1.807) is 9.58 Å². The lowest BCUT2D eigenvalue weighted by atomic mass is 10.1. The lowest BCUT2D eigenvalue weighted by Crippen LogP contribution is -2.38. The third-order valence-corrected chi connectivity index (χ3v) is 5.10. The maximum atomic E-state index is 12.8. The molecule has 1 N–H and O–H groups in total. The molecule has 0 fully saturated rings. The molecule has 162 valence electrons. The van der Waals surface area contributed by atoms with Crippen molar-refractivity contribution in [2.75, 3.05) is 18.4 Å². The Morgan fingerprint density at radius 1 is 1.03 bits per heavy atom. The van der Waals surface area contributed by atoms with Gasteiger partial charge in [-0.15, -0.1) is 0 Å². The molecule has 0 spiro atoms. The van der Waals surface area contributed by atoms with Crippen LogP contribution < -0.4 is 5.32 Å². The summed E-state index contributed by atoms with van der Waals surface area (Å²) in [6.45, 7) is 6.54. The van der Waals surface area contributed by atoms with Crippen LogP contribution in [0.25, 0.3) is 16.9 Å². The summed E-state index contributed by atoms with van der Waals surface area (Å²) in [5, 5.41) is 7.70. The Kier molecular flexibility index (Phi) is 7.60. The third kappa shape index (κ3) is 5.81. The van der Waals surface area contributed by atoms with Crippen molar-refractivity contribution in [2.45, 2.75) is 40.0 Å². The zero-order valence-corrected chi connectivity index (χ0v) is 18.5. The van der Waals surface area contributed by atoms with Crippen LogP contribution in [0.15, 0.2) is 60.7 Å². The molecule has 0 saturated carbocycles. The van der Waals surface area contributed by atoms with E-state index in [1.807, 2.05) is 74.5 Å². The predicted molar refractivity (Wildman–Crippen MR) is 124 cm³/mol. The van der Waals surface area contributed by atoms with E-state index < -0.39 is 0 Å². The molecular formula is C25H30N4O2. The standard InChI is InChI=1S/C25H30N4O2/c1-4-6-16-28(25(31)5-2)18-24(30)26-23-17-22(20-10-8-7-9-11-20)27-29(23)21-14-12-19(3)13-15-21/h7-15,17H,4-6,16,18H2,1-3H3,(H,26,30). The first-order valence-electron chi connectivity index (χ1n) is 10.8. The molecule has 0 bridgehead atoms. The summed E-state index contributed by atoms with van der Waals surface area (Å²) in [4.78, 5) is 26.7. The summed E-state index contributed by atoms with van der Waals surface area (Å²) in [5.74, 6) is 0.332. The quantitative estimate of drug-likeness (QED) is 0.541. The number of aryl methyl sites for hydroxylation is 1. The van der Waals surface area contributed by atoms with Crippen LogP contribution in [0.5, 0.6) is 0 Å². The Hall–Kier alpha value is -3.41. The highest BCUT2D eigenvalue weighted by atomic mass is 16.2. The molecule has 0 atom stereocenters. The molecule has 6 heteroatoms. The molecule has 1 aromatic heterocycles. The molecule has 0 saturated heterocycles. The minimum absolute atomic E-state index is 0.0133. The van der Waals surface area contributed by atoms with E-state index in [0.717, 1.165) is 35.3 Å². The molecule has 31 heavy (non-hydrogen) atoms. The molecule has 2 aromatic carbocycles. The van der Waals surface area contributed by atoms with Crippen molar-refractivity contribution in [1.82, 2.24) is 14.7 Å². The van der Waals surface area contributed by atoms with Gasteiger partial charge < -0.3 is 10.2 Å². The van der Waals surface area contributed by atoms with Gasteiger partial charge in [-0.3, -0.25) is 9.59 Å². The number of nitrogens with zero attached hydrogens (tertiary/aromatic N) is 3. The molecule has 0 unspecified atom stereocenters. The monoisotopic (exact) mass is 418 g/mol. The minimum Gasteiger partial charge on any atom is -0.333 e. The first-order chi connectivity index (χ1) is 15.0. The predicted octanol–water partition coefficient (Wildman–Crippen LogP) is 4.82. The molecular weight excluding hydrogens is 388 g/mol. The minimum atomic E-state index is -0.231. The fourth-order valence-corrected chi connectivity index (χ4v) is 3.32. The summed E-state index contributed by atoms with van der Waals surface area (Å²) in [7, 11) is 0. The van der Waals surface area contributed by atoms with Crippen molar-refractivity contribution in [2.24, 2.45) is 0 Å². The normalized spacial score (nSPS) is 10.7. The number of carbonyl (C=O) groups is 2. The number of carbonyl (C=O) groups excluding carboxylic acids is 2. The van der Waals surface area contributed by atoms with Crippen molar-refractivity contribution >= 4 is 17.6 Å². The number of hydrogen-bond donors (Lipinski definition) is 1. The first-order valence-corrected chi connectivity index (χ1v) is 10.8. The number of rotatable bonds is 9. The van der Waals surface area contributed by atoms with Crippen LogP contribution in [0.4, 0.5) is 5.82 Å². The van der Waals surface area contributed by atoms with Crippen molar-refractivity contribution in [3.63, 3.8) is 0 Å². The zero-order chi connectivity index (χ0) is 22.2. The van der Waals surface area contributed by atoms with E-state index >= 15 is 0 Å². The van der Waals surface area contributed by atoms with Gasteiger partial charge in [0.05, 0.1) is 17.9 Å². The average molecular weight is 419 g/mol. The SMILES string of the molecule is CCCCN(CC(=O)Nc1cc(-c2ccccc2)nn1-c1ccc(C)cc1)C(=O)CC. The highest BCUT2D eigenvalue weighted by Gasteiger charge is 2.18. The molecule has 1 heterocycles. The van der Waals surface area contributed by atoms with E-state index in [-0.39, 0.29) is 18.4 Å². The van der Waals surface area contributed by atoms with Crippen molar-refractivity contribution in [3.05, 3.63) is 66.2 Å². The van der Waals surface area contributed by atoms with Gasteiger partial charge in [0.1, 0.15) is 5.82 Å². The van der Waals surface area contributed by atoms with Crippen molar-refractivity contribution in [3.8, 4) is 16.9 Å². The fraction of sp³-hybridized carbons (Fsp3) is 0.320. The average Bonchev–Trinajstić information content (AvgIpc) is 3.20. The van der Waals surface area contributed by atoms with E-state index in [9.17, 15) is 9.59 Å². The summed E-state index contributed by atoms with van der Waals surface area (Å²) in [5.41, 5.74) is 3.74. The third-order valence-electron chi connectivity index (χ3n) is 5.10. The Bertz CT molecular complexity index is 1010. The van der Waals surface area contributed by atoms with Crippen molar-refractivity contribution < 1.29 is 9.59 Å². The number of nitrogens with one attached hydrogen (secondary N) is 1. The number of anilines is 1. The maximum absolute atomic E-state index is 12.8. The molecule has 0 aliphatic heterocycles. The van der Waals surface area contributed by atoms with Crippen LogP contribution in [-0.4, -0.2) is 39.6 Å². The Labute approximate surface area is 183 Å². The van der Waals surface area contributed by atoms with Gasteiger partial charge in [0.25, 0.3) is 0 Å². The summed E-state index contributed by atoms with van der Waals surface area (Å²) in [6.07, 6.45) is 2.23. The lowest BCUT2D eigenvalue weighted by molar-refractivity contribution is -0.134. The topological polar surface area (TPSA) is 67.2 Å². The number of hydrogen-bond acceptors (Lipinski definition) is 3. The van der Waals surface area contributed by atoms with Crippen LogP contribution in [0.2, 0.25) is 0 Å². The Balaban J connectivity index is 1.88. The van der Waals surface area contributed by atoms with E-state index in [1.165, 1.54) is 0 Å². The van der Waals surface area contributed by atoms with Gasteiger partial charge in [0.15, 0.2) is 0 Å². The molecule has 2 amide bonds. The van der Waals surface area contributed by atoms with Crippen LogP contribution in [0.1, 0.15) is 38.7 Å². The number of unbranched alkanes of at least 4 members (excludes halogenated alkanes) is 1. The second kappa shape index (κ2) is 10.6. The zero-order valence-electron chi connectivity index (χ0n) is 18.5. The second-order valence-corrected chi connectivity index (χ2v) is 7.60. The number of benzene rings is 2. The van der Waals surface area contributed by atoms with Gasteiger partial charge in [-0.1, -0.05) is 68.3 Å². The van der Waals surface area contributed by atoms with Crippen molar-refractivity contribution in [1.29, 1.82) is 0 Å². The van der Waals surface area contributed by atoms with Crippen LogP contribution in [0, 0.1) is 6.92 Å². The largest absolute Gasteiger partial charge is 0.333 e. The fourth-order valence-electron chi connectivity index (χ4n) is 3.32. The molecule has 0 aliphatic rings. The van der Waals surface area contributed by atoms with Crippen LogP contribution >= 0.6 is 0 Å². The lowest BCUT2D eigenvalue weighted by Gasteiger charge is -2.21. The Morgan fingerprint density at radius 3 is 2.39 bits per heavy atom. The first kappa shape index (κ1) is 22.3. The van der Waals surface area contributed by atoms with Gasteiger partial charge in [-0.05, 0) is 25.5 Å². The van der Waals surface area contributed by atoms with Crippen LogP contribution in [0.3, 0.4) is 0 Å². The van der Waals surface area contributed by atoms with Gasteiger partial charge >= 0.3 is 0 Å². The second-order valence-electron chi connectivity index (χ2n) is 7.60. The highest BCUT2D eigenvalue weighted by Crippen LogP contribution is 2.25. The highest BCUT2D eigenvalue weighted by molar-refractivity contribution is 5.94. The number of amides is 2. The van der Waals surface area contributed by atoms with E-state index in [4.69, 9.17) is 5.10 Å². The number of aromatic nitrogens is 2. The van der Waals surface area contributed by atoms with Gasteiger partial charge in [-0.2, -0.15) is 5.10 Å². The maximum Gasteiger partial charge on any atom is 0.245 e. The molecule has 3 aromatic rings. The van der Waals surface area contributed by atoms with Gasteiger partial charge in [0, 0.05) is 24.6 Å².